The predicted octanol–water partition coefficient (Wildman–Crippen LogP) is 5.25. The van der Waals surface area contributed by atoms with E-state index in [2.05, 4.69) is 26.9 Å². The molecule has 1 fully saturated rings. The van der Waals surface area contributed by atoms with Gasteiger partial charge in [-0.25, -0.2) is 0 Å². The fourth-order valence-electron chi connectivity index (χ4n) is 3.07. The summed E-state index contributed by atoms with van der Waals surface area (Å²) in [5.41, 5.74) is 2.04. The lowest BCUT2D eigenvalue weighted by Crippen LogP contribution is -2.21. The monoisotopic (exact) mass is 385 g/mol. The summed E-state index contributed by atoms with van der Waals surface area (Å²) in [6, 6.07) is 17.9. The van der Waals surface area contributed by atoms with Crippen LogP contribution >= 0.6 is 23.4 Å². The van der Waals surface area contributed by atoms with Gasteiger partial charge in [0.05, 0.1) is 6.10 Å². The Kier molecular flexibility index (Phi) is 5.58. The average molecular weight is 386 g/mol. The number of hydrogen-bond donors (Lipinski definition) is 0. The summed E-state index contributed by atoms with van der Waals surface area (Å²) in [5.74, 6) is 1.71. The Labute approximate surface area is 162 Å². The van der Waals surface area contributed by atoms with Crippen molar-refractivity contribution < 1.29 is 4.74 Å². The minimum Gasteiger partial charge on any atom is -0.377 e. The third-order valence-corrected chi connectivity index (χ3v) is 5.74. The van der Waals surface area contributed by atoms with Crippen LogP contribution in [0.15, 0.2) is 59.8 Å². The van der Waals surface area contributed by atoms with E-state index in [1.54, 1.807) is 11.8 Å². The molecule has 1 aromatic heterocycles. The largest absolute Gasteiger partial charge is 0.377 e. The highest BCUT2D eigenvalue weighted by Gasteiger charge is 2.19. The molecule has 4 nitrogen and oxygen atoms in total. The molecule has 0 saturated carbocycles. The van der Waals surface area contributed by atoms with Gasteiger partial charge < -0.3 is 4.74 Å². The summed E-state index contributed by atoms with van der Waals surface area (Å²) in [6.45, 7) is 0.868. The number of aromatic nitrogens is 3. The van der Waals surface area contributed by atoms with Crippen LogP contribution in [0.5, 0.6) is 0 Å². The minimum atomic E-state index is 0.300. The highest BCUT2D eigenvalue weighted by molar-refractivity contribution is 7.99. The molecular weight excluding hydrogens is 366 g/mol. The summed E-state index contributed by atoms with van der Waals surface area (Å²) in [7, 11) is 0. The zero-order valence-electron chi connectivity index (χ0n) is 14.3. The van der Waals surface area contributed by atoms with E-state index in [-0.39, 0.29) is 0 Å². The first-order chi connectivity index (χ1) is 12.8. The Morgan fingerprint density at radius 1 is 1.04 bits per heavy atom. The molecule has 4 rings (SSSR count). The normalized spacial score (nSPS) is 17.3. The van der Waals surface area contributed by atoms with Crippen molar-refractivity contribution in [1.29, 1.82) is 0 Å². The van der Waals surface area contributed by atoms with E-state index in [9.17, 15) is 0 Å². The van der Waals surface area contributed by atoms with Crippen LogP contribution in [0.4, 0.5) is 0 Å². The number of halogens is 1. The average Bonchev–Trinajstić information content (AvgIpc) is 3.12. The van der Waals surface area contributed by atoms with E-state index in [1.807, 2.05) is 42.5 Å². The van der Waals surface area contributed by atoms with Crippen molar-refractivity contribution in [3.05, 3.63) is 59.6 Å². The number of thioether (sulfide) groups is 1. The van der Waals surface area contributed by atoms with Crippen molar-refractivity contribution in [2.45, 2.75) is 30.5 Å². The minimum absolute atomic E-state index is 0.300. The molecular formula is C20H20ClN3OS. The van der Waals surface area contributed by atoms with E-state index in [0.717, 1.165) is 41.0 Å². The molecule has 1 saturated heterocycles. The van der Waals surface area contributed by atoms with Crippen molar-refractivity contribution in [3.63, 3.8) is 0 Å². The number of hydrogen-bond acceptors (Lipinski definition) is 4. The highest BCUT2D eigenvalue weighted by Crippen LogP contribution is 2.30. The molecule has 1 aliphatic heterocycles. The van der Waals surface area contributed by atoms with Crippen LogP contribution in [0, 0.1) is 0 Å². The van der Waals surface area contributed by atoms with Crippen LogP contribution in [0.1, 0.15) is 19.3 Å². The van der Waals surface area contributed by atoms with Gasteiger partial charge in [-0.2, -0.15) is 0 Å². The van der Waals surface area contributed by atoms with Crippen molar-refractivity contribution in [3.8, 4) is 17.1 Å². The Morgan fingerprint density at radius 3 is 2.58 bits per heavy atom. The van der Waals surface area contributed by atoms with Crippen molar-refractivity contribution in [2.75, 3.05) is 12.4 Å². The molecule has 0 radical (unpaired) electrons. The molecule has 1 atom stereocenters. The number of para-hydroxylation sites is 1. The number of nitrogens with zero attached hydrogens (tertiary/aromatic N) is 3. The fourth-order valence-corrected chi connectivity index (χ4v) is 4.21. The van der Waals surface area contributed by atoms with Gasteiger partial charge in [0.25, 0.3) is 0 Å². The quantitative estimate of drug-likeness (QED) is 0.562. The van der Waals surface area contributed by atoms with Gasteiger partial charge in [0.15, 0.2) is 11.0 Å². The molecule has 0 N–H and O–H groups in total. The Morgan fingerprint density at radius 2 is 1.85 bits per heavy atom. The summed E-state index contributed by atoms with van der Waals surface area (Å²) >= 11 is 7.74. The van der Waals surface area contributed by atoms with Crippen molar-refractivity contribution in [1.82, 2.24) is 14.8 Å². The van der Waals surface area contributed by atoms with Crippen LogP contribution in [-0.2, 0) is 4.74 Å². The van der Waals surface area contributed by atoms with Gasteiger partial charge in [0.2, 0.25) is 0 Å². The molecule has 0 amide bonds. The van der Waals surface area contributed by atoms with Gasteiger partial charge in [-0.15, -0.1) is 10.2 Å². The summed E-state index contributed by atoms with van der Waals surface area (Å²) < 4.78 is 7.96. The molecule has 0 spiro atoms. The van der Waals surface area contributed by atoms with Crippen LogP contribution in [0.2, 0.25) is 5.02 Å². The topological polar surface area (TPSA) is 39.9 Å². The Bertz CT molecular complexity index is 845. The molecule has 0 bridgehead atoms. The zero-order chi connectivity index (χ0) is 17.8. The first-order valence-electron chi connectivity index (χ1n) is 8.82. The molecule has 134 valence electrons. The lowest BCUT2D eigenvalue weighted by atomic mass is 10.1. The van der Waals surface area contributed by atoms with Crippen molar-refractivity contribution in [2.24, 2.45) is 0 Å². The van der Waals surface area contributed by atoms with Crippen LogP contribution in [0.25, 0.3) is 17.1 Å². The van der Waals surface area contributed by atoms with E-state index >= 15 is 0 Å². The molecule has 3 aromatic rings. The fraction of sp³-hybridized carbons (Fsp3) is 0.300. The Hall–Kier alpha value is -1.82. The third-order valence-electron chi connectivity index (χ3n) is 4.42. The zero-order valence-corrected chi connectivity index (χ0v) is 15.9. The maximum Gasteiger partial charge on any atom is 0.196 e. The summed E-state index contributed by atoms with van der Waals surface area (Å²) in [6.07, 6.45) is 3.83. The van der Waals surface area contributed by atoms with Crippen LogP contribution in [0.3, 0.4) is 0 Å². The summed E-state index contributed by atoms with van der Waals surface area (Å²) in [4.78, 5) is 0. The lowest BCUT2D eigenvalue weighted by Gasteiger charge is -2.22. The van der Waals surface area contributed by atoms with Crippen LogP contribution in [-0.4, -0.2) is 33.2 Å². The van der Waals surface area contributed by atoms with Gasteiger partial charge in [-0.3, -0.25) is 4.57 Å². The first kappa shape index (κ1) is 17.6. The Balaban J connectivity index is 1.66. The molecule has 0 aliphatic carbocycles. The van der Waals surface area contributed by atoms with E-state index in [0.29, 0.717) is 11.1 Å². The standard InChI is InChI=1S/C20H20ClN3OS/c21-16-11-9-15(10-12-16)19-22-23-20(24(19)17-6-2-1-3-7-17)26-14-18-8-4-5-13-25-18/h1-3,6-7,9-12,18H,4-5,8,13-14H2/t18-/m0/s1. The smallest absolute Gasteiger partial charge is 0.196 e. The maximum absolute atomic E-state index is 6.04. The second-order valence-corrected chi connectivity index (χ2v) is 7.71. The molecule has 2 heterocycles. The third kappa shape index (κ3) is 3.95. The molecule has 2 aromatic carbocycles. The van der Waals surface area contributed by atoms with Gasteiger partial charge in [0.1, 0.15) is 0 Å². The first-order valence-corrected chi connectivity index (χ1v) is 10.2. The predicted molar refractivity (Wildman–Crippen MR) is 106 cm³/mol. The number of rotatable bonds is 5. The van der Waals surface area contributed by atoms with Gasteiger partial charge >= 0.3 is 0 Å². The van der Waals surface area contributed by atoms with Gasteiger partial charge in [-0.05, 0) is 55.7 Å². The number of benzene rings is 2. The van der Waals surface area contributed by atoms with Crippen molar-refractivity contribution >= 4 is 23.4 Å². The summed E-state index contributed by atoms with van der Waals surface area (Å²) in [5, 5.41) is 10.5. The maximum atomic E-state index is 6.04. The number of ether oxygens (including phenoxy) is 1. The van der Waals surface area contributed by atoms with E-state index < -0.39 is 0 Å². The second kappa shape index (κ2) is 8.25. The van der Waals surface area contributed by atoms with Gasteiger partial charge in [0, 0.05) is 28.6 Å². The van der Waals surface area contributed by atoms with E-state index in [4.69, 9.17) is 16.3 Å². The molecule has 1 aliphatic rings. The van der Waals surface area contributed by atoms with Gasteiger partial charge in [-0.1, -0.05) is 41.6 Å². The highest BCUT2D eigenvalue weighted by atomic mass is 35.5. The second-order valence-electron chi connectivity index (χ2n) is 6.28. The van der Waals surface area contributed by atoms with E-state index in [1.165, 1.54) is 12.8 Å². The molecule has 26 heavy (non-hydrogen) atoms. The molecule has 0 unspecified atom stereocenters. The lowest BCUT2D eigenvalue weighted by molar-refractivity contribution is 0.0315. The van der Waals surface area contributed by atoms with Crippen LogP contribution < -0.4 is 0 Å². The molecule has 6 heteroatoms. The SMILES string of the molecule is Clc1ccc(-c2nnc(SC[C@@H]3CCCCO3)n2-c2ccccc2)cc1.